The first-order valence-electron chi connectivity index (χ1n) is 13.5. The summed E-state index contributed by atoms with van der Waals surface area (Å²) in [5, 5.41) is 12.4. The Kier molecular flexibility index (Phi) is 10.1. The number of carbonyl (C=O) groups excluding carboxylic acids is 1. The Morgan fingerprint density at radius 1 is 1.08 bits per heavy atom. The molecule has 200 valence electrons. The highest BCUT2D eigenvalue weighted by molar-refractivity contribution is 7.98. The molecule has 2 fully saturated rings. The fourth-order valence-corrected chi connectivity index (χ4v) is 5.97. The molecule has 6 nitrogen and oxygen atoms in total. The first-order chi connectivity index (χ1) is 17.9. The number of amides is 1. The van der Waals surface area contributed by atoms with Crippen molar-refractivity contribution in [1.29, 1.82) is 0 Å². The lowest BCUT2D eigenvalue weighted by molar-refractivity contribution is -0.139. The number of ether oxygens (including phenoxy) is 1. The largest absolute Gasteiger partial charge is 0.480 e. The van der Waals surface area contributed by atoms with Crippen LogP contribution in [0.15, 0.2) is 42.5 Å². The average molecular weight is 525 g/mol. The van der Waals surface area contributed by atoms with Crippen LogP contribution in [0.3, 0.4) is 0 Å². The highest BCUT2D eigenvalue weighted by Crippen LogP contribution is 2.30. The minimum Gasteiger partial charge on any atom is -0.480 e. The monoisotopic (exact) mass is 524 g/mol. The molecule has 37 heavy (non-hydrogen) atoms. The molecule has 2 N–H and O–H groups in total. The molecule has 4 rings (SSSR count). The summed E-state index contributed by atoms with van der Waals surface area (Å²) in [7, 11) is 0. The first kappa shape index (κ1) is 27.7. The second-order valence-corrected chi connectivity index (χ2v) is 11.4. The van der Waals surface area contributed by atoms with Crippen molar-refractivity contribution in [2.45, 2.75) is 76.7 Å². The van der Waals surface area contributed by atoms with E-state index in [0.717, 1.165) is 48.3 Å². The van der Waals surface area contributed by atoms with E-state index in [4.69, 9.17) is 4.74 Å². The van der Waals surface area contributed by atoms with E-state index in [1.54, 1.807) is 11.8 Å². The molecular weight excluding hydrogens is 484 g/mol. The van der Waals surface area contributed by atoms with Crippen LogP contribution in [0, 0.1) is 6.92 Å². The lowest BCUT2D eigenvalue weighted by Gasteiger charge is -2.25. The van der Waals surface area contributed by atoms with Gasteiger partial charge in [0.2, 0.25) is 0 Å². The number of likely N-dealkylation sites (tertiary alicyclic amines) is 1. The normalized spacial score (nSPS) is 19.6. The van der Waals surface area contributed by atoms with E-state index in [-0.39, 0.29) is 5.91 Å². The number of carbonyl (C=O) groups is 2. The molecule has 2 aliphatic rings. The molecule has 0 bridgehead atoms. The molecule has 2 atom stereocenters. The fraction of sp³-hybridized carbons (Fsp3) is 0.533. The van der Waals surface area contributed by atoms with Gasteiger partial charge in [-0.15, -0.1) is 0 Å². The first-order valence-corrected chi connectivity index (χ1v) is 14.9. The minimum atomic E-state index is -1.00. The van der Waals surface area contributed by atoms with Crippen LogP contribution in [0.25, 0.3) is 11.1 Å². The number of rotatable bonds is 11. The lowest BCUT2D eigenvalue weighted by atomic mass is 9.93. The molecule has 2 aromatic carbocycles. The maximum atomic E-state index is 13.3. The minimum absolute atomic E-state index is 0.304. The SMILES string of the molecule is CSCCC(NC(=O)c1ccc(CN2CCC(OC3CCCCC3)C2)cc1-c1ccccc1C)C(=O)O. The van der Waals surface area contributed by atoms with Crippen LogP contribution in [0.4, 0.5) is 0 Å². The second kappa shape index (κ2) is 13.4. The maximum absolute atomic E-state index is 13.3. The molecule has 2 unspecified atom stereocenters. The Labute approximate surface area is 225 Å². The summed E-state index contributed by atoms with van der Waals surface area (Å²) in [6.07, 6.45) is 10.4. The zero-order valence-corrected chi connectivity index (χ0v) is 22.9. The molecule has 1 saturated heterocycles. The molecule has 1 aliphatic heterocycles. The Morgan fingerprint density at radius 2 is 1.86 bits per heavy atom. The number of carboxylic acid groups (broad SMARTS) is 1. The van der Waals surface area contributed by atoms with Crippen molar-refractivity contribution < 1.29 is 19.4 Å². The smallest absolute Gasteiger partial charge is 0.326 e. The molecule has 1 saturated carbocycles. The number of nitrogens with one attached hydrogen (secondary N) is 1. The molecular formula is C30H40N2O4S. The zero-order chi connectivity index (χ0) is 26.2. The average Bonchev–Trinajstić information content (AvgIpc) is 3.33. The Morgan fingerprint density at radius 3 is 2.59 bits per heavy atom. The van der Waals surface area contributed by atoms with Crippen LogP contribution >= 0.6 is 11.8 Å². The quantitative estimate of drug-likeness (QED) is 0.403. The van der Waals surface area contributed by atoms with Gasteiger partial charge in [0, 0.05) is 25.2 Å². The van der Waals surface area contributed by atoms with Crippen LogP contribution in [0.1, 0.15) is 66.4 Å². The summed E-state index contributed by atoms with van der Waals surface area (Å²) in [5.74, 6) is -0.682. The van der Waals surface area contributed by atoms with E-state index in [9.17, 15) is 14.7 Å². The third-order valence-corrected chi connectivity index (χ3v) is 8.19. The van der Waals surface area contributed by atoms with Gasteiger partial charge in [0.25, 0.3) is 5.91 Å². The maximum Gasteiger partial charge on any atom is 0.326 e. The van der Waals surface area contributed by atoms with E-state index in [1.807, 2.05) is 49.6 Å². The van der Waals surface area contributed by atoms with Gasteiger partial charge in [-0.05, 0) is 79.0 Å². The number of nitrogens with zero attached hydrogens (tertiary/aromatic N) is 1. The van der Waals surface area contributed by atoms with Gasteiger partial charge in [-0.2, -0.15) is 11.8 Å². The van der Waals surface area contributed by atoms with Crippen molar-refractivity contribution in [3.8, 4) is 11.1 Å². The Bertz CT molecular complexity index is 1070. The predicted molar refractivity (Wildman–Crippen MR) is 150 cm³/mol. The van der Waals surface area contributed by atoms with Crippen molar-refractivity contribution in [3.63, 3.8) is 0 Å². The fourth-order valence-electron chi connectivity index (χ4n) is 5.50. The van der Waals surface area contributed by atoms with Gasteiger partial charge in [0.15, 0.2) is 0 Å². The summed E-state index contributed by atoms with van der Waals surface area (Å²) < 4.78 is 6.42. The molecule has 0 spiro atoms. The van der Waals surface area contributed by atoms with E-state index >= 15 is 0 Å². The van der Waals surface area contributed by atoms with Crippen LogP contribution in [-0.4, -0.2) is 65.2 Å². The third-order valence-electron chi connectivity index (χ3n) is 7.55. The van der Waals surface area contributed by atoms with Gasteiger partial charge in [-0.25, -0.2) is 4.79 Å². The second-order valence-electron chi connectivity index (χ2n) is 10.4. The van der Waals surface area contributed by atoms with Crippen LogP contribution in [0.5, 0.6) is 0 Å². The van der Waals surface area contributed by atoms with Gasteiger partial charge in [-0.1, -0.05) is 49.6 Å². The molecule has 0 aromatic heterocycles. The van der Waals surface area contributed by atoms with Crippen molar-refractivity contribution in [2.75, 3.05) is 25.1 Å². The van der Waals surface area contributed by atoms with Gasteiger partial charge < -0.3 is 15.2 Å². The van der Waals surface area contributed by atoms with Gasteiger partial charge in [0.1, 0.15) is 6.04 Å². The Balaban J connectivity index is 1.50. The third kappa shape index (κ3) is 7.59. The van der Waals surface area contributed by atoms with Gasteiger partial charge >= 0.3 is 5.97 Å². The van der Waals surface area contributed by atoms with E-state index < -0.39 is 12.0 Å². The van der Waals surface area contributed by atoms with E-state index in [1.165, 1.54) is 32.1 Å². The molecule has 1 aliphatic carbocycles. The number of hydrogen-bond donors (Lipinski definition) is 2. The summed E-state index contributed by atoms with van der Waals surface area (Å²) in [6.45, 7) is 4.79. The molecule has 2 aromatic rings. The summed E-state index contributed by atoms with van der Waals surface area (Å²) >= 11 is 1.57. The Hall–Kier alpha value is -2.35. The van der Waals surface area contributed by atoms with Crippen LogP contribution in [-0.2, 0) is 16.1 Å². The summed E-state index contributed by atoms with van der Waals surface area (Å²) in [4.78, 5) is 27.5. The van der Waals surface area contributed by atoms with Gasteiger partial charge in [0.05, 0.1) is 12.2 Å². The van der Waals surface area contributed by atoms with E-state index in [0.29, 0.717) is 29.9 Å². The van der Waals surface area contributed by atoms with Crippen LogP contribution in [0.2, 0.25) is 0 Å². The molecule has 0 radical (unpaired) electrons. The molecule has 7 heteroatoms. The lowest BCUT2D eigenvalue weighted by Crippen LogP contribution is -2.41. The highest BCUT2D eigenvalue weighted by Gasteiger charge is 2.27. The predicted octanol–water partition coefficient (Wildman–Crippen LogP) is 5.52. The number of hydrogen-bond acceptors (Lipinski definition) is 5. The van der Waals surface area contributed by atoms with E-state index in [2.05, 4.69) is 16.3 Å². The number of aliphatic carboxylic acids is 1. The van der Waals surface area contributed by atoms with Crippen molar-refractivity contribution in [3.05, 3.63) is 59.2 Å². The zero-order valence-electron chi connectivity index (χ0n) is 22.1. The number of aryl methyl sites for hydroxylation is 1. The topological polar surface area (TPSA) is 78.9 Å². The summed E-state index contributed by atoms with van der Waals surface area (Å²) in [6, 6.07) is 13.1. The standard InChI is InChI=1S/C30H40N2O4S/c1-21-8-6-7-11-25(21)27-18-22(12-13-26(27)29(33)31-28(30(34)35)15-17-37-2)19-32-16-14-24(20-32)36-23-9-4-3-5-10-23/h6-8,11-13,18,23-24,28H,3-5,9-10,14-17,19-20H2,1-2H3,(H,31,33)(H,34,35). The number of thioether (sulfide) groups is 1. The van der Waals surface area contributed by atoms with Gasteiger partial charge in [-0.3, -0.25) is 9.69 Å². The van der Waals surface area contributed by atoms with Crippen molar-refractivity contribution >= 4 is 23.6 Å². The number of carboxylic acids is 1. The van der Waals surface area contributed by atoms with Crippen LogP contribution < -0.4 is 5.32 Å². The van der Waals surface area contributed by atoms with Crippen molar-refractivity contribution in [1.82, 2.24) is 10.2 Å². The summed E-state index contributed by atoms with van der Waals surface area (Å²) in [5.41, 5.74) is 4.56. The molecule has 1 amide bonds. The molecule has 1 heterocycles. The number of benzene rings is 2. The highest BCUT2D eigenvalue weighted by atomic mass is 32.2. The van der Waals surface area contributed by atoms with Crippen molar-refractivity contribution in [2.24, 2.45) is 0 Å².